The first kappa shape index (κ1) is 15.5. The summed E-state index contributed by atoms with van der Waals surface area (Å²) < 4.78 is 42.4. The topological polar surface area (TPSA) is 68.8 Å². The van der Waals surface area contributed by atoms with Gasteiger partial charge in [0, 0.05) is 19.6 Å². The number of aromatic nitrogens is 5. The number of carbonyl (C=O) groups excluding carboxylic acids is 1. The van der Waals surface area contributed by atoms with Crippen LogP contribution in [0.25, 0.3) is 0 Å². The Kier molecular flexibility index (Phi) is 3.61. The van der Waals surface area contributed by atoms with E-state index in [2.05, 4.69) is 15.3 Å². The van der Waals surface area contributed by atoms with E-state index >= 15 is 0 Å². The van der Waals surface area contributed by atoms with Crippen molar-refractivity contribution in [3.63, 3.8) is 0 Å². The molecule has 0 radical (unpaired) electrons. The van der Waals surface area contributed by atoms with Gasteiger partial charge in [-0.2, -0.15) is 18.3 Å². The SMILES string of the molecule is CCn1ncc(C(=O)N2CCn3c(C)nnc3C2)c1C(F)(F)F. The quantitative estimate of drug-likeness (QED) is 0.837. The van der Waals surface area contributed by atoms with Crippen LogP contribution in [0.5, 0.6) is 0 Å². The van der Waals surface area contributed by atoms with Gasteiger partial charge >= 0.3 is 6.18 Å². The van der Waals surface area contributed by atoms with Gasteiger partial charge in [0.15, 0.2) is 11.5 Å². The van der Waals surface area contributed by atoms with E-state index in [-0.39, 0.29) is 13.1 Å². The molecule has 3 rings (SSSR count). The number of carbonyl (C=O) groups is 1. The van der Waals surface area contributed by atoms with E-state index in [0.717, 1.165) is 16.7 Å². The predicted molar refractivity (Wildman–Crippen MR) is 72.4 cm³/mol. The number of hydrogen-bond donors (Lipinski definition) is 0. The van der Waals surface area contributed by atoms with Gasteiger partial charge < -0.3 is 9.47 Å². The van der Waals surface area contributed by atoms with Crippen LogP contribution in [0, 0.1) is 6.92 Å². The average molecular weight is 328 g/mol. The van der Waals surface area contributed by atoms with Crippen molar-refractivity contribution in [3.05, 3.63) is 29.1 Å². The van der Waals surface area contributed by atoms with E-state index < -0.39 is 23.3 Å². The van der Waals surface area contributed by atoms with E-state index in [4.69, 9.17) is 0 Å². The summed E-state index contributed by atoms with van der Waals surface area (Å²) in [5.74, 6) is 0.601. The molecule has 0 aromatic carbocycles. The van der Waals surface area contributed by atoms with Crippen LogP contribution in [0.1, 0.15) is 34.6 Å². The van der Waals surface area contributed by atoms with Crippen LogP contribution in [0.15, 0.2) is 6.20 Å². The van der Waals surface area contributed by atoms with Crippen molar-refractivity contribution in [2.75, 3.05) is 6.54 Å². The van der Waals surface area contributed by atoms with Gasteiger partial charge in [-0.3, -0.25) is 9.48 Å². The third-order valence-electron chi connectivity index (χ3n) is 3.86. The fourth-order valence-corrected chi connectivity index (χ4v) is 2.73. The zero-order valence-corrected chi connectivity index (χ0v) is 12.6. The second kappa shape index (κ2) is 5.36. The summed E-state index contributed by atoms with van der Waals surface area (Å²) >= 11 is 0. The molecule has 0 saturated heterocycles. The highest BCUT2D eigenvalue weighted by molar-refractivity contribution is 5.95. The molecule has 0 fully saturated rings. The molecule has 124 valence electrons. The Hall–Kier alpha value is -2.39. The molecule has 0 spiro atoms. The molecule has 3 heterocycles. The van der Waals surface area contributed by atoms with Gasteiger partial charge in [0.2, 0.25) is 0 Å². The van der Waals surface area contributed by atoms with Gasteiger partial charge in [-0.05, 0) is 13.8 Å². The van der Waals surface area contributed by atoms with Gasteiger partial charge in [0.25, 0.3) is 5.91 Å². The molecule has 1 aliphatic rings. The smallest absolute Gasteiger partial charge is 0.329 e. The molecule has 7 nitrogen and oxygen atoms in total. The summed E-state index contributed by atoms with van der Waals surface area (Å²) in [5.41, 5.74) is -1.43. The van der Waals surface area contributed by atoms with E-state index in [0.29, 0.717) is 18.9 Å². The van der Waals surface area contributed by atoms with Crippen LogP contribution in [0.2, 0.25) is 0 Å². The second-order valence-corrected chi connectivity index (χ2v) is 5.26. The van der Waals surface area contributed by atoms with Gasteiger partial charge in [0.05, 0.1) is 18.3 Å². The Morgan fingerprint density at radius 2 is 2.04 bits per heavy atom. The normalized spacial score (nSPS) is 14.9. The Labute approximate surface area is 129 Å². The summed E-state index contributed by atoms with van der Waals surface area (Å²) in [6.07, 6.45) is -3.65. The minimum Gasteiger partial charge on any atom is -0.329 e. The molecule has 0 unspecified atom stereocenters. The first-order chi connectivity index (χ1) is 10.8. The first-order valence-electron chi connectivity index (χ1n) is 7.14. The maximum Gasteiger partial charge on any atom is 0.433 e. The van der Waals surface area contributed by atoms with Gasteiger partial charge in [-0.25, -0.2) is 0 Å². The second-order valence-electron chi connectivity index (χ2n) is 5.26. The van der Waals surface area contributed by atoms with Crippen molar-refractivity contribution < 1.29 is 18.0 Å². The van der Waals surface area contributed by atoms with Crippen molar-refractivity contribution in [3.8, 4) is 0 Å². The number of amides is 1. The maximum atomic E-state index is 13.2. The highest BCUT2D eigenvalue weighted by atomic mass is 19.4. The van der Waals surface area contributed by atoms with Gasteiger partial charge in [-0.1, -0.05) is 0 Å². The molecule has 0 bridgehead atoms. The molecule has 0 saturated carbocycles. The number of alkyl halides is 3. The zero-order chi connectivity index (χ0) is 16.8. The zero-order valence-electron chi connectivity index (χ0n) is 12.6. The van der Waals surface area contributed by atoms with Crippen molar-refractivity contribution in [2.45, 2.75) is 39.7 Å². The lowest BCUT2D eigenvalue weighted by Crippen LogP contribution is -2.39. The third-order valence-corrected chi connectivity index (χ3v) is 3.86. The van der Waals surface area contributed by atoms with E-state index in [1.165, 1.54) is 4.90 Å². The number of aryl methyl sites for hydroxylation is 2. The molecule has 0 atom stereocenters. The molecule has 2 aromatic rings. The monoisotopic (exact) mass is 328 g/mol. The van der Waals surface area contributed by atoms with Gasteiger partial charge in [-0.15, -0.1) is 10.2 Å². The number of fused-ring (bicyclic) bond motifs is 1. The minimum absolute atomic E-state index is 0.0373. The molecule has 2 aromatic heterocycles. The number of nitrogens with zero attached hydrogens (tertiary/aromatic N) is 6. The highest BCUT2D eigenvalue weighted by Gasteiger charge is 2.41. The van der Waals surface area contributed by atoms with Crippen LogP contribution >= 0.6 is 0 Å². The Bertz CT molecular complexity index is 747. The van der Waals surface area contributed by atoms with Crippen LogP contribution in [-0.2, 0) is 25.8 Å². The highest BCUT2D eigenvalue weighted by Crippen LogP contribution is 2.33. The maximum absolute atomic E-state index is 13.2. The fraction of sp³-hybridized carbons (Fsp3) is 0.538. The van der Waals surface area contributed by atoms with Crippen molar-refractivity contribution in [1.82, 2.24) is 29.4 Å². The van der Waals surface area contributed by atoms with Crippen LogP contribution < -0.4 is 0 Å². The Balaban J connectivity index is 1.92. The van der Waals surface area contributed by atoms with Gasteiger partial charge in [0.1, 0.15) is 5.82 Å². The van der Waals surface area contributed by atoms with Crippen molar-refractivity contribution in [2.24, 2.45) is 0 Å². The molecule has 0 N–H and O–H groups in total. The lowest BCUT2D eigenvalue weighted by Gasteiger charge is -2.27. The Morgan fingerprint density at radius 3 is 2.70 bits per heavy atom. The van der Waals surface area contributed by atoms with Crippen molar-refractivity contribution >= 4 is 5.91 Å². The fourth-order valence-electron chi connectivity index (χ4n) is 2.73. The van der Waals surface area contributed by atoms with Crippen LogP contribution in [0.3, 0.4) is 0 Å². The summed E-state index contributed by atoms with van der Waals surface area (Å²) in [6.45, 7) is 4.27. The lowest BCUT2D eigenvalue weighted by molar-refractivity contribution is -0.144. The first-order valence-corrected chi connectivity index (χ1v) is 7.14. The summed E-state index contributed by atoms with van der Waals surface area (Å²) in [5, 5.41) is 11.6. The number of rotatable bonds is 2. The van der Waals surface area contributed by atoms with Crippen LogP contribution in [0.4, 0.5) is 13.2 Å². The minimum atomic E-state index is -4.64. The molecule has 23 heavy (non-hydrogen) atoms. The summed E-state index contributed by atoms with van der Waals surface area (Å²) in [7, 11) is 0. The molecular formula is C13H15F3N6O. The molecule has 10 heteroatoms. The molecule has 1 amide bonds. The van der Waals surface area contributed by atoms with E-state index in [9.17, 15) is 18.0 Å². The average Bonchev–Trinajstić information content (AvgIpc) is 3.10. The third kappa shape index (κ3) is 2.57. The summed E-state index contributed by atoms with van der Waals surface area (Å²) in [6, 6.07) is 0. The largest absolute Gasteiger partial charge is 0.433 e. The number of hydrogen-bond acceptors (Lipinski definition) is 4. The molecular weight excluding hydrogens is 313 g/mol. The number of halogens is 3. The molecule has 1 aliphatic heterocycles. The predicted octanol–water partition coefficient (Wildman–Crippen LogP) is 1.48. The van der Waals surface area contributed by atoms with E-state index in [1.807, 2.05) is 4.57 Å². The molecule has 0 aliphatic carbocycles. The van der Waals surface area contributed by atoms with Crippen LogP contribution in [-0.4, -0.2) is 41.9 Å². The van der Waals surface area contributed by atoms with E-state index in [1.54, 1.807) is 13.8 Å². The standard InChI is InChI=1S/C13H15F3N6O/c1-3-22-11(13(14,15)16)9(6-17-22)12(23)20-4-5-21-8(2)18-19-10(21)7-20/h6H,3-5,7H2,1-2H3. The Morgan fingerprint density at radius 1 is 1.30 bits per heavy atom. The lowest BCUT2D eigenvalue weighted by atomic mass is 10.2. The summed E-state index contributed by atoms with van der Waals surface area (Å²) in [4.78, 5) is 13.9. The van der Waals surface area contributed by atoms with Crippen molar-refractivity contribution in [1.29, 1.82) is 0 Å².